The topological polar surface area (TPSA) is 152 Å². The van der Waals surface area contributed by atoms with E-state index in [1.54, 1.807) is 12.1 Å². The standard InChI is InChI=1S/C25H31FN6O5S/c26-20-15-17(32-14-5-4-9-22(32)30-25-27-12-6-13-28-25)10-11-19(20)23(33)29-16-21(24(34)35)31-38(36,37)18-7-2-1-3-8-18/h1-3,7-8,10-11,15,21-22,31H,4-6,9,12-14,16H2,(H,29,33)(H,34,35)(H2,27,28,30)/t21-,22?/m0/s1. The Morgan fingerprint density at radius 3 is 2.63 bits per heavy atom. The van der Waals surface area contributed by atoms with E-state index in [1.807, 2.05) is 4.90 Å². The molecule has 2 aliphatic heterocycles. The van der Waals surface area contributed by atoms with Gasteiger partial charge in [0.15, 0.2) is 5.96 Å². The number of carbonyl (C=O) groups excluding carboxylic acids is 1. The Kier molecular flexibility index (Phi) is 8.79. The number of amides is 1. The van der Waals surface area contributed by atoms with E-state index in [2.05, 4.69) is 25.7 Å². The van der Waals surface area contributed by atoms with E-state index in [1.165, 1.54) is 36.4 Å². The van der Waals surface area contributed by atoms with E-state index < -0.39 is 40.3 Å². The van der Waals surface area contributed by atoms with Crippen molar-refractivity contribution in [2.75, 3.05) is 31.1 Å². The molecular formula is C25H31FN6O5S. The van der Waals surface area contributed by atoms with Gasteiger partial charge in [0.25, 0.3) is 5.91 Å². The fourth-order valence-corrected chi connectivity index (χ4v) is 5.58. The third-order valence-electron chi connectivity index (χ3n) is 6.35. The minimum atomic E-state index is -4.14. The highest BCUT2D eigenvalue weighted by Gasteiger charge is 2.28. The average Bonchev–Trinajstić information content (AvgIpc) is 2.92. The molecule has 2 aromatic carbocycles. The summed E-state index contributed by atoms with van der Waals surface area (Å²) in [6, 6.07) is 9.87. The molecular weight excluding hydrogens is 515 g/mol. The highest BCUT2D eigenvalue weighted by atomic mass is 32.2. The highest BCUT2D eigenvalue weighted by Crippen LogP contribution is 2.25. The maximum Gasteiger partial charge on any atom is 0.323 e. The van der Waals surface area contributed by atoms with Gasteiger partial charge in [-0.05, 0) is 56.0 Å². The van der Waals surface area contributed by atoms with Crippen LogP contribution in [0, 0.1) is 5.82 Å². The number of piperidine rings is 1. The van der Waals surface area contributed by atoms with Crippen LogP contribution in [-0.2, 0) is 14.8 Å². The minimum Gasteiger partial charge on any atom is -0.480 e. The number of sulfonamides is 1. The molecule has 0 spiro atoms. The number of halogens is 1. The Balaban J connectivity index is 1.41. The SMILES string of the molecule is O=C(NC[C@H](NS(=O)(=O)c1ccccc1)C(=O)O)c1ccc(N2CCCCC2NC2=NCCCN2)cc1F. The van der Waals surface area contributed by atoms with Crippen molar-refractivity contribution < 1.29 is 27.5 Å². The number of hydrogen-bond donors (Lipinski definition) is 5. The van der Waals surface area contributed by atoms with Crippen LogP contribution < -0.4 is 25.6 Å². The number of guanidine groups is 1. The number of aliphatic carboxylic acids is 1. The lowest BCUT2D eigenvalue weighted by atomic mass is 10.1. The van der Waals surface area contributed by atoms with Crippen molar-refractivity contribution in [3.05, 3.63) is 59.9 Å². The van der Waals surface area contributed by atoms with Crippen LogP contribution in [0.1, 0.15) is 36.0 Å². The zero-order valence-electron chi connectivity index (χ0n) is 20.7. The summed E-state index contributed by atoms with van der Waals surface area (Å²) in [6.07, 6.45) is 3.70. The van der Waals surface area contributed by atoms with Crippen LogP contribution in [0.15, 0.2) is 58.4 Å². The van der Waals surface area contributed by atoms with Crippen molar-refractivity contribution in [3.8, 4) is 0 Å². The number of benzene rings is 2. The number of hydrogen-bond acceptors (Lipinski definition) is 8. The van der Waals surface area contributed by atoms with Crippen molar-refractivity contribution in [1.82, 2.24) is 20.7 Å². The number of carboxylic acids is 1. The first kappa shape index (κ1) is 27.3. The highest BCUT2D eigenvalue weighted by molar-refractivity contribution is 7.89. The van der Waals surface area contributed by atoms with Gasteiger partial charge in [0.2, 0.25) is 10.0 Å². The Labute approximate surface area is 220 Å². The van der Waals surface area contributed by atoms with E-state index in [0.29, 0.717) is 12.2 Å². The summed E-state index contributed by atoms with van der Waals surface area (Å²) < 4.78 is 42.1. The van der Waals surface area contributed by atoms with Gasteiger partial charge in [-0.1, -0.05) is 18.2 Å². The van der Waals surface area contributed by atoms with Gasteiger partial charge >= 0.3 is 5.97 Å². The Morgan fingerprint density at radius 1 is 1.16 bits per heavy atom. The molecule has 0 bridgehead atoms. The van der Waals surface area contributed by atoms with Gasteiger partial charge in [-0.3, -0.25) is 14.6 Å². The van der Waals surface area contributed by atoms with Crippen LogP contribution >= 0.6 is 0 Å². The Hall–Kier alpha value is -3.71. The van der Waals surface area contributed by atoms with Gasteiger partial charge < -0.3 is 26.0 Å². The first-order valence-corrected chi connectivity index (χ1v) is 13.9. The minimum absolute atomic E-state index is 0.0823. The van der Waals surface area contributed by atoms with Crippen LogP contribution in [0.3, 0.4) is 0 Å². The summed E-state index contributed by atoms with van der Waals surface area (Å²) in [6.45, 7) is 1.72. The number of nitrogens with one attached hydrogen (secondary N) is 4. The molecule has 1 fully saturated rings. The Bertz CT molecular complexity index is 1290. The zero-order chi connectivity index (χ0) is 27.1. The molecule has 1 amide bonds. The van der Waals surface area contributed by atoms with Gasteiger partial charge in [-0.25, -0.2) is 12.8 Å². The third-order valence-corrected chi connectivity index (χ3v) is 7.84. The van der Waals surface area contributed by atoms with Gasteiger partial charge in [0.05, 0.1) is 10.5 Å². The van der Waals surface area contributed by atoms with E-state index in [-0.39, 0.29) is 16.6 Å². The second-order valence-corrected chi connectivity index (χ2v) is 10.8. The van der Waals surface area contributed by atoms with Gasteiger partial charge in [-0.2, -0.15) is 4.72 Å². The Morgan fingerprint density at radius 2 is 1.95 bits per heavy atom. The molecule has 0 radical (unpaired) electrons. The molecule has 2 heterocycles. The summed E-state index contributed by atoms with van der Waals surface area (Å²) in [5.41, 5.74) is 0.329. The van der Waals surface area contributed by atoms with Crippen LogP contribution in [-0.4, -0.2) is 69.7 Å². The van der Waals surface area contributed by atoms with Crippen LogP contribution in [0.4, 0.5) is 10.1 Å². The van der Waals surface area contributed by atoms with E-state index >= 15 is 4.39 Å². The lowest BCUT2D eigenvalue weighted by Gasteiger charge is -2.39. The maximum atomic E-state index is 15.0. The smallest absolute Gasteiger partial charge is 0.323 e. The summed E-state index contributed by atoms with van der Waals surface area (Å²) in [7, 11) is -4.14. The van der Waals surface area contributed by atoms with Crippen molar-refractivity contribution in [1.29, 1.82) is 0 Å². The monoisotopic (exact) mass is 546 g/mol. The zero-order valence-corrected chi connectivity index (χ0v) is 21.5. The molecule has 38 heavy (non-hydrogen) atoms. The molecule has 0 aliphatic carbocycles. The molecule has 5 N–H and O–H groups in total. The first-order valence-electron chi connectivity index (χ1n) is 12.4. The molecule has 0 aromatic heterocycles. The molecule has 0 saturated carbocycles. The van der Waals surface area contributed by atoms with Crippen LogP contribution in [0.25, 0.3) is 0 Å². The second kappa shape index (κ2) is 12.2. The quantitative estimate of drug-likeness (QED) is 0.315. The summed E-state index contributed by atoms with van der Waals surface area (Å²) in [4.78, 5) is 30.7. The number of rotatable bonds is 9. The van der Waals surface area contributed by atoms with Gasteiger partial charge in [-0.15, -0.1) is 0 Å². The number of carboxylic acid groups (broad SMARTS) is 1. The van der Waals surface area contributed by atoms with E-state index in [0.717, 1.165) is 44.7 Å². The van der Waals surface area contributed by atoms with Crippen molar-refractivity contribution in [2.45, 2.75) is 42.8 Å². The number of nitrogens with zero attached hydrogens (tertiary/aromatic N) is 2. The fourth-order valence-electron chi connectivity index (χ4n) is 4.37. The van der Waals surface area contributed by atoms with E-state index in [4.69, 9.17) is 0 Å². The molecule has 11 nitrogen and oxygen atoms in total. The molecule has 2 atom stereocenters. The normalized spacial score (nSPS) is 18.6. The largest absolute Gasteiger partial charge is 0.480 e. The summed E-state index contributed by atoms with van der Waals surface area (Å²) >= 11 is 0. The maximum absolute atomic E-state index is 15.0. The molecule has 2 aromatic rings. The molecule has 4 rings (SSSR count). The van der Waals surface area contributed by atoms with Crippen molar-refractivity contribution in [3.63, 3.8) is 0 Å². The van der Waals surface area contributed by atoms with Crippen LogP contribution in [0.5, 0.6) is 0 Å². The van der Waals surface area contributed by atoms with Gasteiger partial charge in [0, 0.05) is 31.9 Å². The molecule has 13 heteroatoms. The summed E-state index contributed by atoms with van der Waals surface area (Å²) in [5.74, 6) is -2.38. The third kappa shape index (κ3) is 6.78. The van der Waals surface area contributed by atoms with E-state index in [9.17, 15) is 23.1 Å². The molecule has 1 unspecified atom stereocenters. The second-order valence-electron chi connectivity index (χ2n) is 9.06. The lowest BCUT2D eigenvalue weighted by Crippen LogP contribution is -2.55. The van der Waals surface area contributed by atoms with Crippen molar-refractivity contribution in [2.24, 2.45) is 4.99 Å². The number of carbonyl (C=O) groups is 2. The van der Waals surface area contributed by atoms with Gasteiger partial charge in [0.1, 0.15) is 18.0 Å². The lowest BCUT2D eigenvalue weighted by molar-refractivity contribution is -0.138. The fraction of sp³-hybridized carbons (Fsp3) is 0.400. The predicted molar refractivity (Wildman–Crippen MR) is 140 cm³/mol. The van der Waals surface area contributed by atoms with Crippen LogP contribution in [0.2, 0.25) is 0 Å². The predicted octanol–water partition coefficient (Wildman–Crippen LogP) is 1.24. The number of anilines is 1. The summed E-state index contributed by atoms with van der Waals surface area (Å²) in [5, 5.41) is 18.4. The average molecular weight is 547 g/mol. The van der Waals surface area contributed by atoms with Crippen molar-refractivity contribution >= 4 is 33.5 Å². The molecule has 204 valence electrons. The number of aliphatic imine (C=N–C) groups is 1. The molecule has 2 aliphatic rings. The molecule has 1 saturated heterocycles. The first-order chi connectivity index (χ1) is 18.2.